The number of ether oxygens (including phenoxy) is 2. The molecule has 75 heavy (non-hydrogen) atoms. The normalized spacial score (nSPS) is 19.5. The number of nitrogens with zero attached hydrogens (tertiary/aromatic N) is 5. The van der Waals surface area contributed by atoms with E-state index in [1.54, 1.807) is 33.2 Å². The van der Waals surface area contributed by atoms with Crippen LogP contribution in [0.5, 0.6) is 5.75 Å². The number of hydrogen-bond donors (Lipinski definition) is 3. The number of fused-ring (bicyclic) bond motifs is 6. The fourth-order valence-corrected chi connectivity index (χ4v) is 10.1. The minimum absolute atomic E-state index is 0. The van der Waals surface area contributed by atoms with Gasteiger partial charge in [0.2, 0.25) is 17.7 Å². The Kier molecular flexibility index (Phi) is 24.6. The van der Waals surface area contributed by atoms with Gasteiger partial charge in [-0.2, -0.15) is 80.6 Å². The first-order valence-corrected chi connectivity index (χ1v) is 23.9. The molecule has 2 saturated heterocycles. The molecule has 5 heterocycles. The number of rotatable bonds is 10. The van der Waals surface area contributed by atoms with E-state index in [4.69, 9.17) is 14.5 Å². The largest absolute Gasteiger partial charge is 0.508 e. The Hall–Kier alpha value is -4.52. The number of aryl methyl sites for hydroxylation is 1. The summed E-state index contributed by atoms with van der Waals surface area (Å²) in [6.45, 7) is 12.5. The van der Waals surface area contributed by atoms with Gasteiger partial charge in [0, 0.05) is 87.0 Å². The molecule has 2 fully saturated rings. The number of aromatic nitrogens is 2. The first-order valence-electron chi connectivity index (χ1n) is 23.9. The van der Waals surface area contributed by atoms with Crippen LogP contribution in [0.25, 0.3) is 33.3 Å². The van der Waals surface area contributed by atoms with Crippen LogP contribution >= 0.6 is 67.5 Å². The number of carbonyl (C=O) groups excluding carboxylic acids is 5. The van der Waals surface area contributed by atoms with Crippen LogP contribution in [0.15, 0.2) is 66.9 Å². The second-order valence-corrected chi connectivity index (χ2v) is 19.8. The van der Waals surface area contributed by atoms with Gasteiger partial charge < -0.3 is 34.3 Å². The first kappa shape index (κ1) is 66.6. The summed E-state index contributed by atoms with van der Waals surface area (Å²) >= 11 is 0. The van der Waals surface area contributed by atoms with E-state index in [2.05, 4.69) is 34.4 Å². The van der Waals surface area contributed by atoms with Gasteiger partial charge in [-0.25, -0.2) is 5.43 Å². The van der Waals surface area contributed by atoms with Crippen LogP contribution in [0, 0.1) is 17.3 Å². The monoisotopic (exact) mass is 1140 g/mol. The average molecular weight is 1140 g/mol. The van der Waals surface area contributed by atoms with Crippen LogP contribution in [0.2, 0.25) is 0 Å². The smallest absolute Gasteiger partial charge is 0.409 e. The van der Waals surface area contributed by atoms with Crippen LogP contribution < -0.4 is 10.7 Å². The minimum Gasteiger partial charge on any atom is -0.508 e. The van der Waals surface area contributed by atoms with Gasteiger partial charge in [0.25, 0.3) is 5.91 Å². The van der Waals surface area contributed by atoms with Gasteiger partial charge in [0.1, 0.15) is 23.9 Å². The van der Waals surface area contributed by atoms with E-state index in [9.17, 15) is 42.3 Å². The highest BCUT2D eigenvalue weighted by Gasteiger charge is 2.40. The number of esters is 1. The number of allylic oxidation sites excluding steroid dienone is 1. The number of alkyl halides is 3. The molecule has 23 heteroatoms. The van der Waals surface area contributed by atoms with E-state index in [0.29, 0.717) is 43.0 Å². The standard InChI is InChI=1S/C52H64F3N7O8.5H2S/c1-9-61-42-15-14-33-26-38(42)39(46(61)37-12-10-19-56-44(37)31(4)69-8)27-51(5,6)29-70-50(68)40-13-11-20-62(58-40)49(67)41(24-32-22-35(33)25-36(63)23-32)57-47(65)45(30(2)3)59(7)48(66)34-17-21-60(28-34)43(64)16-18-52(53,54)55;;;;;/h10,12,14-16,18-19,22-23,25-26,30-31,34,40-41,45,58,63H,9,11,13,17,20-21,24,27-29H2,1-8H3,(H,57,65);5*1H2/b18-16+;;;;;/t31-,34-,40-,41-,45-;;;;;/m0...../s1. The average Bonchev–Trinajstić information content (AvgIpc) is 3.93. The molecule has 0 radical (unpaired) electrons. The van der Waals surface area contributed by atoms with E-state index in [1.165, 1.54) is 27.9 Å². The molecule has 7 rings (SSSR count). The molecule has 4 aromatic rings. The van der Waals surface area contributed by atoms with Crippen molar-refractivity contribution in [3.63, 3.8) is 0 Å². The first-order chi connectivity index (χ1) is 33.1. The molecule has 0 saturated carbocycles. The Bertz CT molecular complexity index is 2690. The molecule has 416 valence electrons. The Morgan fingerprint density at radius 3 is 2.37 bits per heavy atom. The quantitative estimate of drug-likeness (QED) is 0.107. The Labute approximate surface area is 472 Å². The molecule has 0 aliphatic carbocycles. The number of aromatic hydroxyl groups is 1. The number of phenols is 1. The molecule has 6 bridgehead atoms. The number of nitrogens with one attached hydrogen (secondary N) is 2. The zero-order valence-corrected chi connectivity index (χ0v) is 48.6. The molecular formula is C52H74F3N7O8S5. The number of hydrazine groups is 1. The number of pyridine rings is 1. The maximum atomic E-state index is 14.7. The molecule has 15 nitrogen and oxygen atoms in total. The van der Waals surface area contributed by atoms with Crippen LogP contribution in [0.4, 0.5) is 13.2 Å². The van der Waals surface area contributed by atoms with Gasteiger partial charge in [0.15, 0.2) is 0 Å². The third-order valence-electron chi connectivity index (χ3n) is 13.6. The van der Waals surface area contributed by atoms with Gasteiger partial charge >= 0.3 is 12.1 Å². The summed E-state index contributed by atoms with van der Waals surface area (Å²) in [7, 11) is 3.10. The third kappa shape index (κ3) is 15.4. The molecular weight excluding hydrogens is 1070 g/mol. The van der Waals surface area contributed by atoms with E-state index >= 15 is 0 Å². The third-order valence-corrected chi connectivity index (χ3v) is 13.6. The lowest BCUT2D eigenvalue weighted by atomic mass is 9.84. The van der Waals surface area contributed by atoms with Gasteiger partial charge in [-0.1, -0.05) is 39.8 Å². The highest BCUT2D eigenvalue weighted by Crippen LogP contribution is 2.42. The van der Waals surface area contributed by atoms with Crippen LogP contribution in [0.3, 0.4) is 0 Å². The van der Waals surface area contributed by atoms with Gasteiger partial charge in [-0.15, -0.1) is 0 Å². The second-order valence-electron chi connectivity index (χ2n) is 19.8. The van der Waals surface area contributed by atoms with Crippen molar-refractivity contribution in [2.24, 2.45) is 17.3 Å². The van der Waals surface area contributed by atoms with E-state index < -0.39 is 71.2 Å². The number of carbonyl (C=O) groups is 5. The lowest BCUT2D eigenvalue weighted by molar-refractivity contribution is -0.155. The molecule has 5 atom stereocenters. The Morgan fingerprint density at radius 2 is 1.72 bits per heavy atom. The second kappa shape index (κ2) is 27.7. The maximum absolute atomic E-state index is 14.7. The molecule has 3 aliphatic heterocycles. The zero-order chi connectivity index (χ0) is 50.8. The summed E-state index contributed by atoms with van der Waals surface area (Å²) in [5.41, 5.74) is 9.10. The number of halogens is 3. The molecule has 3 N–H and O–H groups in total. The fourth-order valence-electron chi connectivity index (χ4n) is 10.1. The Morgan fingerprint density at radius 1 is 1.01 bits per heavy atom. The summed E-state index contributed by atoms with van der Waals surface area (Å²) < 4.78 is 52.5. The summed E-state index contributed by atoms with van der Waals surface area (Å²) in [4.78, 5) is 76.9. The number of benzene rings is 2. The lowest BCUT2D eigenvalue weighted by Crippen LogP contribution is -2.62. The summed E-state index contributed by atoms with van der Waals surface area (Å²) in [5, 5.41) is 16.5. The maximum Gasteiger partial charge on any atom is 0.409 e. The topological polar surface area (TPSA) is 176 Å². The number of amides is 4. The molecule has 3 aliphatic rings. The number of phenolic OH excluding ortho intramolecular Hbond substituents is 1. The zero-order valence-electron chi connectivity index (χ0n) is 43.6. The van der Waals surface area contributed by atoms with Gasteiger partial charge in [-0.05, 0) is 104 Å². The van der Waals surface area contributed by atoms with Crippen molar-refractivity contribution in [3.8, 4) is 28.1 Å². The minimum atomic E-state index is -4.67. The number of cyclic esters (lactones) is 1. The predicted octanol–water partition coefficient (Wildman–Crippen LogP) is 7.47. The fraction of sp³-hybridized carbons (Fsp3) is 0.500. The van der Waals surface area contributed by atoms with Gasteiger partial charge in [0.05, 0.1) is 30.0 Å². The summed E-state index contributed by atoms with van der Waals surface area (Å²) in [5.74, 6) is -4.40. The number of likely N-dealkylation sites (N-methyl/N-ethyl adjacent to an activating group) is 1. The molecule has 0 spiro atoms. The van der Waals surface area contributed by atoms with Crippen molar-refractivity contribution in [2.45, 2.75) is 111 Å². The highest BCUT2D eigenvalue weighted by molar-refractivity contribution is 7.60. The predicted molar refractivity (Wildman–Crippen MR) is 309 cm³/mol. The van der Waals surface area contributed by atoms with Crippen molar-refractivity contribution in [3.05, 3.63) is 83.7 Å². The number of hydrogen-bond acceptors (Lipinski definition) is 10. The van der Waals surface area contributed by atoms with Crippen LogP contribution in [0.1, 0.15) is 83.7 Å². The summed E-state index contributed by atoms with van der Waals surface area (Å²) in [6.07, 6.45) is -1.50. The van der Waals surface area contributed by atoms with Crippen molar-refractivity contribution in [2.75, 3.05) is 40.4 Å². The summed E-state index contributed by atoms with van der Waals surface area (Å²) in [6, 6.07) is 11.9. The lowest BCUT2D eigenvalue weighted by Gasteiger charge is -2.37. The molecule has 4 amide bonds. The highest BCUT2D eigenvalue weighted by atomic mass is 32.1. The molecule has 2 aromatic heterocycles. The van der Waals surface area contributed by atoms with Crippen molar-refractivity contribution < 1.29 is 51.7 Å². The van der Waals surface area contributed by atoms with Crippen LogP contribution in [-0.4, -0.2) is 124 Å². The van der Waals surface area contributed by atoms with Crippen molar-refractivity contribution in [1.29, 1.82) is 0 Å². The molecule has 2 aromatic carbocycles. The number of likely N-dealkylation sites (tertiary alicyclic amines) is 1. The number of methoxy groups -OCH3 is 1. The SMILES string of the molecule is CCn1c(-c2cccnc2[C@H](C)OC)c2c3cc(ccc31)-c1cc(O)cc(c1)C[C@H](NC(=O)[C@H](C(C)C)N(C)C(=O)[C@H]1CCN(C(=O)/C=C/C(F)(F)F)C1)C(=O)N1CCC[C@H](N1)C(=O)OCC(C)(C)C2.S.S.S.S.S. The van der Waals surface area contributed by atoms with Gasteiger partial charge in [-0.3, -0.25) is 34.0 Å². The van der Waals surface area contributed by atoms with Crippen LogP contribution in [-0.2, 0) is 52.8 Å². The van der Waals surface area contributed by atoms with Crippen molar-refractivity contribution >= 4 is 108 Å². The van der Waals surface area contributed by atoms with E-state index in [0.717, 1.165) is 39.0 Å². The Balaban J connectivity index is 0.00000385. The van der Waals surface area contributed by atoms with E-state index in [1.807, 2.05) is 45.0 Å². The van der Waals surface area contributed by atoms with Crippen molar-refractivity contribution in [1.82, 2.24) is 35.1 Å². The van der Waals surface area contributed by atoms with E-state index in [-0.39, 0.29) is 124 Å². The molecule has 0 unspecified atom stereocenters.